The van der Waals surface area contributed by atoms with Crippen LogP contribution < -0.4 is 10.2 Å². The fourth-order valence-corrected chi connectivity index (χ4v) is 4.92. The van der Waals surface area contributed by atoms with E-state index in [0.29, 0.717) is 6.04 Å². The van der Waals surface area contributed by atoms with Crippen LogP contribution in [0.2, 0.25) is 0 Å². The normalized spacial score (nSPS) is 26.0. The third kappa shape index (κ3) is 3.86. The number of carbonyl (C=O) groups is 2. The third-order valence-corrected chi connectivity index (χ3v) is 6.59. The van der Waals surface area contributed by atoms with Crippen molar-refractivity contribution in [1.29, 1.82) is 0 Å². The molecule has 1 aromatic rings. The average molecular weight is 382 g/mol. The molecule has 1 unspecified atom stereocenters. The van der Waals surface area contributed by atoms with Crippen LogP contribution in [0.3, 0.4) is 0 Å². The van der Waals surface area contributed by atoms with Gasteiger partial charge in [-0.25, -0.2) is 0 Å². The van der Waals surface area contributed by atoms with Gasteiger partial charge in [0.05, 0.1) is 11.4 Å². The van der Waals surface area contributed by atoms with Gasteiger partial charge in [-0.15, -0.1) is 0 Å². The molecule has 1 fully saturated rings. The number of likely N-dealkylation sites (tertiary alicyclic amines) is 1. The summed E-state index contributed by atoms with van der Waals surface area (Å²) < 4.78 is 0. The lowest BCUT2D eigenvalue weighted by Crippen LogP contribution is -2.57. The second-order valence-corrected chi connectivity index (χ2v) is 8.64. The zero-order valence-electron chi connectivity index (χ0n) is 16.8. The van der Waals surface area contributed by atoms with Crippen molar-refractivity contribution in [3.63, 3.8) is 0 Å². The minimum atomic E-state index is -0.263. The average Bonchev–Trinajstić information content (AvgIpc) is 2.77. The number of nitrogens with zero attached hydrogens (tertiary/aromatic N) is 2. The van der Waals surface area contributed by atoms with Crippen molar-refractivity contribution in [3.8, 4) is 0 Å². The number of anilines is 2. The molecule has 150 valence electrons. The fraction of sp³-hybridized carbons (Fsp3) is 0.565. The number of amides is 2. The van der Waals surface area contributed by atoms with E-state index >= 15 is 0 Å². The van der Waals surface area contributed by atoms with Crippen molar-refractivity contribution in [3.05, 3.63) is 36.4 Å². The Morgan fingerprint density at radius 1 is 1.07 bits per heavy atom. The Morgan fingerprint density at radius 3 is 2.68 bits per heavy atom. The van der Waals surface area contributed by atoms with Gasteiger partial charge in [0.15, 0.2) is 0 Å². The molecule has 0 saturated carbocycles. The third-order valence-electron chi connectivity index (χ3n) is 6.59. The van der Waals surface area contributed by atoms with E-state index in [1.807, 2.05) is 29.2 Å². The van der Waals surface area contributed by atoms with Gasteiger partial charge in [0, 0.05) is 24.7 Å². The highest BCUT2D eigenvalue weighted by Crippen LogP contribution is 2.39. The zero-order chi connectivity index (χ0) is 19.6. The maximum absolute atomic E-state index is 13.0. The van der Waals surface area contributed by atoms with Gasteiger partial charge in [0.2, 0.25) is 11.8 Å². The standard InChI is InChI=1S/C23H31N3O2/c1-23(13-15-25(16-14-23)18-9-5-3-2-4-6-10-18)26-20-12-8-7-11-19(20)24-21(27)17-22(26)28/h5,7-9,11-12,18H,2-4,6,10,13-17H2,1H3,(H,24,27). The van der Waals surface area contributed by atoms with E-state index in [1.54, 1.807) is 0 Å². The molecule has 0 spiro atoms. The van der Waals surface area contributed by atoms with Crippen molar-refractivity contribution in [1.82, 2.24) is 4.90 Å². The molecule has 1 atom stereocenters. The molecule has 2 amide bonds. The number of carbonyl (C=O) groups excluding carboxylic acids is 2. The van der Waals surface area contributed by atoms with Crippen LogP contribution in [0, 0.1) is 0 Å². The monoisotopic (exact) mass is 381 g/mol. The number of piperidine rings is 1. The van der Waals surface area contributed by atoms with Crippen LogP contribution in [0.4, 0.5) is 11.4 Å². The van der Waals surface area contributed by atoms with Crippen LogP contribution in [-0.4, -0.2) is 41.4 Å². The summed E-state index contributed by atoms with van der Waals surface area (Å²) in [5.74, 6) is -0.315. The first kappa shape index (κ1) is 19.2. The quantitative estimate of drug-likeness (QED) is 0.620. The first-order valence-corrected chi connectivity index (χ1v) is 10.7. The van der Waals surface area contributed by atoms with E-state index in [1.165, 1.54) is 32.1 Å². The van der Waals surface area contributed by atoms with Crippen molar-refractivity contribution in [2.24, 2.45) is 0 Å². The van der Waals surface area contributed by atoms with Gasteiger partial charge in [0.25, 0.3) is 0 Å². The van der Waals surface area contributed by atoms with Gasteiger partial charge >= 0.3 is 0 Å². The highest BCUT2D eigenvalue weighted by Gasteiger charge is 2.42. The predicted molar refractivity (Wildman–Crippen MR) is 112 cm³/mol. The Hall–Kier alpha value is -2.14. The van der Waals surface area contributed by atoms with Crippen molar-refractivity contribution in [2.45, 2.75) is 69.9 Å². The first-order valence-electron chi connectivity index (χ1n) is 10.7. The molecule has 0 radical (unpaired) electrons. The Labute approximate surface area is 167 Å². The Bertz CT molecular complexity index is 765. The van der Waals surface area contributed by atoms with E-state index in [4.69, 9.17) is 0 Å². The molecule has 1 N–H and O–H groups in total. The molecule has 0 aromatic heterocycles. The lowest BCUT2D eigenvalue weighted by Gasteiger charge is -2.48. The van der Waals surface area contributed by atoms with Gasteiger partial charge in [-0.2, -0.15) is 0 Å². The van der Waals surface area contributed by atoms with Crippen molar-refractivity contribution in [2.75, 3.05) is 23.3 Å². The lowest BCUT2D eigenvalue weighted by molar-refractivity contribution is -0.125. The molecule has 3 aliphatic rings. The number of rotatable bonds is 2. The minimum Gasteiger partial charge on any atom is -0.324 e. The predicted octanol–water partition coefficient (Wildman–Crippen LogP) is 4.11. The molecule has 4 rings (SSSR count). The van der Waals surface area contributed by atoms with Gasteiger partial charge in [-0.1, -0.05) is 37.1 Å². The van der Waals surface area contributed by atoms with Gasteiger partial charge < -0.3 is 10.2 Å². The highest BCUT2D eigenvalue weighted by atomic mass is 16.2. The van der Waals surface area contributed by atoms with Crippen LogP contribution in [0.1, 0.15) is 58.3 Å². The molecule has 5 nitrogen and oxygen atoms in total. The smallest absolute Gasteiger partial charge is 0.237 e. The molecule has 5 heteroatoms. The summed E-state index contributed by atoms with van der Waals surface area (Å²) >= 11 is 0. The largest absolute Gasteiger partial charge is 0.324 e. The van der Waals surface area contributed by atoms with Gasteiger partial charge in [-0.05, 0) is 51.2 Å². The number of hydrogen-bond donors (Lipinski definition) is 1. The zero-order valence-corrected chi connectivity index (χ0v) is 16.8. The Morgan fingerprint density at radius 2 is 1.86 bits per heavy atom. The molecule has 1 saturated heterocycles. The molecule has 2 aliphatic heterocycles. The number of para-hydroxylation sites is 2. The number of hydrogen-bond acceptors (Lipinski definition) is 3. The van der Waals surface area contributed by atoms with Crippen LogP contribution in [0.15, 0.2) is 36.4 Å². The Balaban J connectivity index is 1.54. The van der Waals surface area contributed by atoms with E-state index in [-0.39, 0.29) is 23.8 Å². The van der Waals surface area contributed by atoms with E-state index in [0.717, 1.165) is 37.3 Å². The highest BCUT2D eigenvalue weighted by molar-refractivity contribution is 6.14. The maximum Gasteiger partial charge on any atom is 0.237 e. The molecule has 1 aliphatic carbocycles. The summed E-state index contributed by atoms with van der Waals surface area (Å²) in [5.41, 5.74) is 1.31. The summed E-state index contributed by atoms with van der Waals surface area (Å²) in [5, 5.41) is 2.89. The minimum absolute atomic E-state index is 0.0840. The van der Waals surface area contributed by atoms with Crippen molar-refractivity contribution < 1.29 is 9.59 Å². The number of benzene rings is 1. The molecule has 2 heterocycles. The molecular weight excluding hydrogens is 350 g/mol. The topological polar surface area (TPSA) is 52.7 Å². The van der Waals surface area contributed by atoms with Crippen LogP contribution in [0.5, 0.6) is 0 Å². The van der Waals surface area contributed by atoms with Crippen LogP contribution in [0.25, 0.3) is 0 Å². The molecular formula is C23H31N3O2. The number of fused-ring (bicyclic) bond motifs is 1. The fourth-order valence-electron chi connectivity index (χ4n) is 4.92. The van der Waals surface area contributed by atoms with Crippen LogP contribution in [-0.2, 0) is 9.59 Å². The summed E-state index contributed by atoms with van der Waals surface area (Å²) in [6, 6.07) is 8.21. The van der Waals surface area contributed by atoms with Gasteiger partial charge in [-0.3, -0.25) is 14.5 Å². The Kier molecular flexibility index (Phi) is 5.54. The van der Waals surface area contributed by atoms with E-state index in [2.05, 4.69) is 29.3 Å². The van der Waals surface area contributed by atoms with Crippen LogP contribution >= 0.6 is 0 Å². The van der Waals surface area contributed by atoms with Gasteiger partial charge in [0.1, 0.15) is 6.42 Å². The number of nitrogens with one attached hydrogen (secondary N) is 1. The molecule has 0 bridgehead atoms. The summed E-state index contributed by atoms with van der Waals surface area (Å²) in [6.07, 6.45) is 12.9. The summed E-state index contributed by atoms with van der Waals surface area (Å²) in [7, 11) is 0. The SMILES string of the molecule is CC1(N2C(=O)CC(=O)Nc3ccccc32)CCN(C2C=CCCCCC2)CC1. The molecule has 1 aromatic carbocycles. The summed E-state index contributed by atoms with van der Waals surface area (Å²) in [6.45, 7) is 4.15. The second kappa shape index (κ2) is 8.08. The second-order valence-electron chi connectivity index (χ2n) is 8.64. The lowest BCUT2D eigenvalue weighted by atomic mass is 9.85. The summed E-state index contributed by atoms with van der Waals surface area (Å²) in [4.78, 5) is 29.6. The maximum atomic E-state index is 13.0. The number of allylic oxidation sites excluding steroid dienone is 1. The molecule has 28 heavy (non-hydrogen) atoms. The first-order chi connectivity index (χ1) is 13.6. The van der Waals surface area contributed by atoms with E-state index in [9.17, 15) is 9.59 Å². The van der Waals surface area contributed by atoms with Crippen molar-refractivity contribution >= 4 is 23.2 Å². The van der Waals surface area contributed by atoms with E-state index < -0.39 is 0 Å².